The number of hydrogen-bond donors (Lipinski definition) is 0. The summed E-state index contributed by atoms with van der Waals surface area (Å²) >= 11 is 0. The second kappa shape index (κ2) is 4.57. The van der Waals surface area contributed by atoms with E-state index >= 15 is 0 Å². The third-order valence-corrected chi connectivity index (χ3v) is 2.14. The van der Waals surface area contributed by atoms with Crippen LogP contribution in [0.1, 0.15) is 5.56 Å². The molecule has 5 nitrogen and oxygen atoms in total. The fourth-order valence-corrected chi connectivity index (χ4v) is 1.25. The van der Waals surface area contributed by atoms with E-state index in [0.717, 1.165) is 11.3 Å². The van der Waals surface area contributed by atoms with E-state index < -0.39 is 0 Å². The van der Waals surface area contributed by atoms with E-state index in [9.17, 15) is 0 Å². The van der Waals surface area contributed by atoms with Crippen LogP contribution in [0.25, 0.3) is 0 Å². The molecule has 0 saturated heterocycles. The average Bonchev–Trinajstić information content (AvgIpc) is 2.80. The Morgan fingerprint density at radius 3 is 2.56 bits per heavy atom. The molecule has 5 heteroatoms. The quantitative estimate of drug-likeness (QED) is 0.723. The van der Waals surface area contributed by atoms with Gasteiger partial charge in [0.15, 0.2) is 0 Å². The Hall–Kier alpha value is -2.17. The number of benzene rings is 1. The van der Waals surface area contributed by atoms with Gasteiger partial charge in [0.1, 0.15) is 12.7 Å². The summed E-state index contributed by atoms with van der Waals surface area (Å²) in [6.45, 7) is 0. The SMILES string of the molecule is CN(C)c1ccc(C=Nn2cncn2)cc1. The molecule has 0 aliphatic rings. The molecular formula is C11H13N5. The van der Waals surface area contributed by atoms with Crippen LogP contribution < -0.4 is 4.90 Å². The first-order valence-electron chi connectivity index (χ1n) is 4.92. The average molecular weight is 215 g/mol. The molecule has 82 valence electrons. The molecule has 1 heterocycles. The third-order valence-electron chi connectivity index (χ3n) is 2.14. The molecule has 0 N–H and O–H groups in total. The summed E-state index contributed by atoms with van der Waals surface area (Å²) in [4.78, 5) is 7.27. The highest BCUT2D eigenvalue weighted by Crippen LogP contribution is 2.10. The van der Waals surface area contributed by atoms with Crippen molar-refractivity contribution < 1.29 is 0 Å². The van der Waals surface area contributed by atoms with Gasteiger partial charge in [-0.15, -0.1) is 9.89 Å². The van der Waals surface area contributed by atoms with Gasteiger partial charge in [0.2, 0.25) is 0 Å². The lowest BCUT2D eigenvalue weighted by Gasteiger charge is -2.11. The molecule has 0 radical (unpaired) electrons. The van der Waals surface area contributed by atoms with Crippen LogP contribution in [0, 0.1) is 0 Å². The molecule has 0 spiro atoms. The lowest BCUT2D eigenvalue weighted by molar-refractivity contribution is 0.743. The van der Waals surface area contributed by atoms with Crippen molar-refractivity contribution in [2.45, 2.75) is 0 Å². The predicted octanol–water partition coefficient (Wildman–Crippen LogP) is 1.23. The largest absolute Gasteiger partial charge is 0.378 e. The van der Waals surface area contributed by atoms with Crippen molar-refractivity contribution in [3.63, 3.8) is 0 Å². The Balaban J connectivity index is 2.11. The van der Waals surface area contributed by atoms with Crippen LogP contribution in [0.3, 0.4) is 0 Å². The number of nitrogens with zero attached hydrogens (tertiary/aromatic N) is 5. The molecule has 0 amide bonds. The molecule has 0 fully saturated rings. The lowest BCUT2D eigenvalue weighted by atomic mass is 10.2. The number of rotatable bonds is 3. The molecule has 0 aliphatic carbocycles. The minimum atomic E-state index is 1.03. The highest BCUT2D eigenvalue weighted by molar-refractivity contribution is 5.80. The maximum absolute atomic E-state index is 4.12. The van der Waals surface area contributed by atoms with Gasteiger partial charge in [-0.3, -0.25) is 0 Å². The lowest BCUT2D eigenvalue weighted by Crippen LogP contribution is -2.08. The summed E-state index contributed by atoms with van der Waals surface area (Å²) in [6.07, 6.45) is 4.74. The fourth-order valence-electron chi connectivity index (χ4n) is 1.25. The summed E-state index contributed by atoms with van der Waals surface area (Å²) in [5.41, 5.74) is 2.19. The molecule has 0 saturated carbocycles. The minimum Gasteiger partial charge on any atom is -0.378 e. The molecule has 0 atom stereocenters. The van der Waals surface area contributed by atoms with E-state index in [0.29, 0.717) is 0 Å². The normalized spacial score (nSPS) is 10.9. The van der Waals surface area contributed by atoms with Crippen LogP contribution in [-0.2, 0) is 0 Å². The molecular weight excluding hydrogens is 202 g/mol. The van der Waals surface area contributed by atoms with Gasteiger partial charge in [0, 0.05) is 19.8 Å². The van der Waals surface area contributed by atoms with E-state index in [4.69, 9.17) is 0 Å². The van der Waals surface area contributed by atoms with Gasteiger partial charge in [-0.2, -0.15) is 5.10 Å². The Bertz CT molecular complexity index is 456. The van der Waals surface area contributed by atoms with Crippen molar-refractivity contribution in [1.82, 2.24) is 14.9 Å². The minimum absolute atomic E-state index is 1.03. The fraction of sp³-hybridized carbons (Fsp3) is 0.182. The van der Waals surface area contributed by atoms with Crippen LogP contribution in [0.5, 0.6) is 0 Å². The van der Waals surface area contributed by atoms with Gasteiger partial charge >= 0.3 is 0 Å². The zero-order valence-electron chi connectivity index (χ0n) is 9.28. The third kappa shape index (κ3) is 2.44. The Morgan fingerprint density at radius 2 is 2.00 bits per heavy atom. The van der Waals surface area contributed by atoms with Crippen LogP contribution in [-0.4, -0.2) is 35.2 Å². The summed E-state index contributed by atoms with van der Waals surface area (Å²) < 4.78 is 0. The number of aromatic nitrogens is 3. The van der Waals surface area contributed by atoms with Crippen molar-refractivity contribution in [2.24, 2.45) is 5.10 Å². The van der Waals surface area contributed by atoms with Crippen molar-refractivity contribution in [3.8, 4) is 0 Å². The molecule has 0 unspecified atom stereocenters. The first kappa shape index (κ1) is 10.4. The second-order valence-corrected chi connectivity index (χ2v) is 3.55. The molecule has 16 heavy (non-hydrogen) atoms. The number of hydrogen-bond acceptors (Lipinski definition) is 4. The van der Waals surface area contributed by atoms with Gasteiger partial charge in [0.05, 0.1) is 6.21 Å². The molecule has 1 aromatic carbocycles. The zero-order valence-corrected chi connectivity index (χ0v) is 9.28. The molecule has 1 aromatic heterocycles. The summed E-state index contributed by atoms with van der Waals surface area (Å²) in [7, 11) is 4.02. The van der Waals surface area contributed by atoms with E-state index in [1.54, 1.807) is 12.5 Å². The van der Waals surface area contributed by atoms with Crippen molar-refractivity contribution in [3.05, 3.63) is 42.5 Å². The highest BCUT2D eigenvalue weighted by Gasteiger charge is 1.93. The van der Waals surface area contributed by atoms with E-state index in [2.05, 4.69) is 20.1 Å². The summed E-state index contributed by atoms with van der Waals surface area (Å²) in [5, 5.41) is 7.99. The first-order valence-corrected chi connectivity index (χ1v) is 4.92. The topological polar surface area (TPSA) is 46.3 Å². The Labute approximate surface area is 94.0 Å². The van der Waals surface area contributed by atoms with E-state index in [1.165, 1.54) is 11.1 Å². The number of anilines is 1. The summed E-state index contributed by atoms with van der Waals surface area (Å²) in [6, 6.07) is 8.11. The van der Waals surface area contributed by atoms with Gasteiger partial charge < -0.3 is 4.90 Å². The molecule has 0 bridgehead atoms. The molecule has 2 rings (SSSR count). The smallest absolute Gasteiger partial charge is 0.139 e. The standard InChI is InChI=1S/C11H13N5/c1-15(2)11-5-3-10(4-6-11)7-13-16-9-12-8-14-16/h3-9H,1-2H3. The maximum atomic E-state index is 4.12. The second-order valence-electron chi connectivity index (χ2n) is 3.55. The maximum Gasteiger partial charge on any atom is 0.139 e. The van der Waals surface area contributed by atoms with Gasteiger partial charge in [0.25, 0.3) is 0 Å². The Kier molecular flexibility index (Phi) is 2.95. The van der Waals surface area contributed by atoms with Crippen LogP contribution in [0.15, 0.2) is 42.0 Å². The van der Waals surface area contributed by atoms with Crippen molar-refractivity contribution in [2.75, 3.05) is 19.0 Å². The van der Waals surface area contributed by atoms with Crippen LogP contribution in [0.4, 0.5) is 5.69 Å². The molecule has 0 aliphatic heterocycles. The van der Waals surface area contributed by atoms with Gasteiger partial charge in [-0.1, -0.05) is 12.1 Å². The van der Waals surface area contributed by atoms with Crippen LogP contribution >= 0.6 is 0 Å². The van der Waals surface area contributed by atoms with E-state index in [1.807, 2.05) is 38.4 Å². The van der Waals surface area contributed by atoms with Gasteiger partial charge in [-0.05, 0) is 17.7 Å². The molecule has 2 aromatic rings. The predicted molar refractivity (Wildman–Crippen MR) is 63.8 cm³/mol. The summed E-state index contributed by atoms with van der Waals surface area (Å²) in [5.74, 6) is 0. The zero-order chi connectivity index (χ0) is 11.4. The highest BCUT2D eigenvalue weighted by atomic mass is 15.5. The van der Waals surface area contributed by atoms with Crippen LogP contribution in [0.2, 0.25) is 0 Å². The first-order chi connectivity index (χ1) is 7.75. The van der Waals surface area contributed by atoms with Crippen molar-refractivity contribution in [1.29, 1.82) is 0 Å². The van der Waals surface area contributed by atoms with Crippen molar-refractivity contribution >= 4 is 11.9 Å². The monoisotopic (exact) mass is 215 g/mol. The Morgan fingerprint density at radius 1 is 1.25 bits per heavy atom. The van der Waals surface area contributed by atoms with E-state index in [-0.39, 0.29) is 0 Å². The van der Waals surface area contributed by atoms with Gasteiger partial charge in [-0.25, -0.2) is 4.98 Å².